The largest absolute Gasteiger partial charge is 0.192 e. The van der Waals surface area contributed by atoms with E-state index < -0.39 is 0 Å². The van der Waals surface area contributed by atoms with E-state index in [1.165, 1.54) is 0 Å². The van der Waals surface area contributed by atoms with Crippen molar-refractivity contribution in [3.63, 3.8) is 0 Å². The highest BCUT2D eigenvalue weighted by molar-refractivity contribution is 6.45. The molecule has 0 fully saturated rings. The highest BCUT2D eigenvalue weighted by Crippen LogP contribution is 2.38. The average molecular weight is 317 g/mol. The van der Waals surface area contributed by atoms with Crippen molar-refractivity contribution in [1.82, 2.24) is 0 Å². The van der Waals surface area contributed by atoms with Crippen LogP contribution in [0.4, 0.5) is 0 Å². The zero-order chi connectivity index (χ0) is 13.3. The van der Waals surface area contributed by atoms with E-state index in [2.05, 4.69) is 6.07 Å². The van der Waals surface area contributed by atoms with E-state index in [0.29, 0.717) is 36.8 Å². The fourth-order valence-corrected chi connectivity index (χ4v) is 2.47. The van der Waals surface area contributed by atoms with E-state index in [9.17, 15) is 0 Å². The van der Waals surface area contributed by atoms with Gasteiger partial charge in [0.15, 0.2) is 0 Å². The van der Waals surface area contributed by atoms with Gasteiger partial charge in [-0.25, -0.2) is 0 Å². The SMILES string of the molecule is N#Cc1ccc(Cl)cc1-c1cc(Cl)cc(Cl)c1Cl. The Morgan fingerprint density at radius 1 is 0.833 bits per heavy atom. The van der Waals surface area contributed by atoms with Crippen LogP contribution in [0.1, 0.15) is 5.56 Å². The number of benzene rings is 2. The van der Waals surface area contributed by atoms with Crippen LogP contribution in [-0.2, 0) is 0 Å². The van der Waals surface area contributed by atoms with Crippen LogP contribution in [0.3, 0.4) is 0 Å². The maximum Gasteiger partial charge on any atom is 0.0998 e. The molecule has 0 unspecified atom stereocenters. The van der Waals surface area contributed by atoms with Crippen molar-refractivity contribution in [2.45, 2.75) is 0 Å². The van der Waals surface area contributed by atoms with E-state index in [4.69, 9.17) is 51.7 Å². The second-order valence-corrected chi connectivity index (χ2v) is 5.21. The molecular weight excluding hydrogens is 312 g/mol. The predicted molar refractivity (Wildman–Crippen MR) is 76.6 cm³/mol. The van der Waals surface area contributed by atoms with Crippen molar-refractivity contribution in [2.75, 3.05) is 0 Å². The smallest absolute Gasteiger partial charge is 0.0998 e. The Morgan fingerprint density at radius 3 is 2.17 bits per heavy atom. The number of rotatable bonds is 1. The molecule has 1 nitrogen and oxygen atoms in total. The van der Waals surface area contributed by atoms with Crippen molar-refractivity contribution < 1.29 is 0 Å². The Bertz CT molecular complexity index is 659. The first kappa shape index (κ1) is 13.5. The standard InChI is InChI=1S/C13H5Cl4N/c14-8-2-1-7(6-18)10(3-8)11-4-9(15)5-12(16)13(11)17/h1-5H. The molecule has 0 aliphatic rings. The van der Waals surface area contributed by atoms with Crippen LogP contribution < -0.4 is 0 Å². The number of hydrogen-bond acceptors (Lipinski definition) is 1. The van der Waals surface area contributed by atoms with Gasteiger partial charge in [-0.1, -0.05) is 46.4 Å². The zero-order valence-corrected chi connectivity index (χ0v) is 11.9. The van der Waals surface area contributed by atoms with E-state index >= 15 is 0 Å². The minimum atomic E-state index is 0.336. The van der Waals surface area contributed by atoms with Gasteiger partial charge < -0.3 is 0 Å². The van der Waals surface area contributed by atoms with Gasteiger partial charge in [0.05, 0.1) is 21.7 Å². The summed E-state index contributed by atoms with van der Waals surface area (Å²) in [6.45, 7) is 0. The van der Waals surface area contributed by atoms with Crippen molar-refractivity contribution >= 4 is 46.4 Å². The van der Waals surface area contributed by atoms with E-state index in [0.717, 1.165) is 0 Å². The lowest BCUT2D eigenvalue weighted by Gasteiger charge is -2.09. The molecule has 0 atom stereocenters. The highest BCUT2D eigenvalue weighted by Gasteiger charge is 2.13. The fraction of sp³-hybridized carbons (Fsp3) is 0. The summed E-state index contributed by atoms with van der Waals surface area (Å²) in [5.74, 6) is 0. The first-order valence-electron chi connectivity index (χ1n) is 4.87. The minimum Gasteiger partial charge on any atom is -0.192 e. The topological polar surface area (TPSA) is 23.8 Å². The summed E-state index contributed by atoms with van der Waals surface area (Å²) in [6.07, 6.45) is 0. The molecule has 0 saturated heterocycles. The molecule has 0 radical (unpaired) electrons. The van der Waals surface area contributed by atoms with Gasteiger partial charge >= 0.3 is 0 Å². The summed E-state index contributed by atoms with van der Waals surface area (Å²) in [6, 6.07) is 10.2. The van der Waals surface area contributed by atoms with Crippen LogP contribution in [0, 0.1) is 11.3 Å². The summed E-state index contributed by atoms with van der Waals surface area (Å²) in [5, 5.41) is 10.7. The molecule has 0 saturated carbocycles. The molecule has 2 aromatic carbocycles. The Labute approximate surface area is 124 Å². The van der Waals surface area contributed by atoms with Gasteiger partial charge in [-0.2, -0.15) is 5.26 Å². The number of nitrogens with zero attached hydrogens (tertiary/aromatic N) is 1. The van der Waals surface area contributed by atoms with Crippen molar-refractivity contribution in [3.8, 4) is 17.2 Å². The molecule has 0 amide bonds. The average Bonchev–Trinajstić information content (AvgIpc) is 2.33. The van der Waals surface area contributed by atoms with Gasteiger partial charge in [0, 0.05) is 21.2 Å². The predicted octanol–water partition coefficient (Wildman–Crippen LogP) is 5.84. The lowest BCUT2D eigenvalue weighted by Crippen LogP contribution is -1.87. The normalized spacial score (nSPS) is 10.2. The van der Waals surface area contributed by atoms with Crippen LogP contribution in [0.2, 0.25) is 20.1 Å². The number of nitriles is 1. The fourth-order valence-electron chi connectivity index (χ4n) is 1.59. The van der Waals surface area contributed by atoms with Crippen molar-refractivity contribution in [3.05, 3.63) is 56.0 Å². The zero-order valence-electron chi connectivity index (χ0n) is 8.85. The molecule has 2 aromatic rings. The third-order valence-electron chi connectivity index (χ3n) is 2.39. The minimum absolute atomic E-state index is 0.336. The van der Waals surface area contributed by atoms with Crippen LogP contribution in [-0.4, -0.2) is 0 Å². The maximum absolute atomic E-state index is 9.10. The lowest BCUT2D eigenvalue weighted by molar-refractivity contribution is 1.48. The third-order valence-corrected chi connectivity index (χ3v) is 3.64. The number of halogens is 4. The van der Waals surface area contributed by atoms with Gasteiger partial charge in [-0.15, -0.1) is 0 Å². The van der Waals surface area contributed by atoms with Gasteiger partial charge in [0.1, 0.15) is 0 Å². The molecule has 90 valence electrons. The Balaban J connectivity index is 2.77. The van der Waals surface area contributed by atoms with Crippen LogP contribution >= 0.6 is 46.4 Å². The lowest BCUT2D eigenvalue weighted by atomic mass is 10.0. The third kappa shape index (κ3) is 2.58. The summed E-state index contributed by atoms with van der Waals surface area (Å²) >= 11 is 24.0. The Hall–Kier alpha value is -0.910. The first-order chi connectivity index (χ1) is 8.52. The van der Waals surface area contributed by atoms with Gasteiger partial charge in [-0.3, -0.25) is 0 Å². The van der Waals surface area contributed by atoms with Gasteiger partial charge in [0.2, 0.25) is 0 Å². The van der Waals surface area contributed by atoms with E-state index in [1.54, 1.807) is 30.3 Å². The molecule has 18 heavy (non-hydrogen) atoms. The molecule has 2 rings (SSSR count). The van der Waals surface area contributed by atoms with Crippen molar-refractivity contribution in [1.29, 1.82) is 5.26 Å². The molecule has 5 heteroatoms. The molecule has 0 aromatic heterocycles. The molecule has 0 aliphatic heterocycles. The van der Waals surface area contributed by atoms with Gasteiger partial charge in [-0.05, 0) is 30.3 Å². The molecule has 0 spiro atoms. The maximum atomic E-state index is 9.10. The van der Waals surface area contributed by atoms with Gasteiger partial charge in [0.25, 0.3) is 0 Å². The van der Waals surface area contributed by atoms with Crippen LogP contribution in [0.25, 0.3) is 11.1 Å². The van der Waals surface area contributed by atoms with Crippen LogP contribution in [0.15, 0.2) is 30.3 Å². The molecular formula is C13H5Cl4N. The quantitative estimate of drug-likeness (QED) is 0.606. The molecule has 0 bridgehead atoms. The Kier molecular flexibility index (Phi) is 4.04. The summed E-state index contributed by atoms with van der Waals surface area (Å²) in [5.41, 5.74) is 1.66. The van der Waals surface area contributed by atoms with Crippen molar-refractivity contribution in [2.24, 2.45) is 0 Å². The summed E-state index contributed by atoms with van der Waals surface area (Å²) in [4.78, 5) is 0. The summed E-state index contributed by atoms with van der Waals surface area (Å²) in [7, 11) is 0. The number of hydrogen-bond donors (Lipinski definition) is 0. The van der Waals surface area contributed by atoms with E-state index in [1.807, 2.05) is 0 Å². The second kappa shape index (κ2) is 5.38. The Morgan fingerprint density at radius 2 is 1.50 bits per heavy atom. The molecule has 0 aliphatic carbocycles. The second-order valence-electron chi connectivity index (χ2n) is 3.55. The first-order valence-corrected chi connectivity index (χ1v) is 6.38. The van der Waals surface area contributed by atoms with Crippen LogP contribution in [0.5, 0.6) is 0 Å². The monoisotopic (exact) mass is 315 g/mol. The highest BCUT2D eigenvalue weighted by atomic mass is 35.5. The molecule has 0 N–H and O–H groups in total. The molecule has 0 heterocycles. The van der Waals surface area contributed by atoms with E-state index in [-0.39, 0.29) is 0 Å². The summed E-state index contributed by atoms with van der Waals surface area (Å²) < 4.78 is 0.